The summed E-state index contributed by atoms with van der Waals surface area (Å²) < 4.78 is 27.3. The van der Waals surface area contributed by atoms with Crippen LogP contribution in [0.5, 0.6) is 0 Å². The molecule has 0 spiro atoms. The van der Waals surface area contributed by atoms with E-state index in [-0.39, 0.29) is 17.8 Å². The van der Waals surface area contributed by atoms with E-state index in [0.29, 0.717) is 12.5 Å². The summed E-state index contributed by atoms with van der Waals surface area (Å²) in [4.78, 5) is 4.31. The Morgan fingerprint density at radius 2 is 1.60 bits per heavy atom. The van der Waals surface area contributed by atoms with Crippen LogP contribution in [0.25, 0.3) is 0 Å². The molecule has 1 unspecified atom stereocenters. The minimum atomic E-state index is -3.38. The average Bonchev–Trinajstić information content (AvgIpc) is 2.70. The molecule has 0 bridgehead atoms. The largest absolute Gasteiger partial charge is 0.354 e. The molecule has 3 N–H and O–H groups in total. The first-order valence-electron chi connectivity index (χ1n) is 10.4. The summed E-state index contributed by atoms with van der Waals surface area (Å²) in [6, 6.07) is 18.1. The van der Waals surface area contributed by atoms with Gasteiger partial charge in [-0.15, -0.1) is 0 Å². The van der Waals surface area contributed by atoms with Crippen LogP contribution in [0.1, 0.15) is 43.9 Å². The Kier molecular flexibility index (Phi) is 9.33. The second-order valence-electron chi connectivity index (χ2n) is 7.80. The van der Waals surface area contributed by atoms with Crippen molar-refractivity contribution in [3.05, 3.63) is 71.3 Å². The summed E-state index contributed by atoms with van der Waals surface area (Å²) in [5.74, 6) is 0.663. The molecule has 1 atom stereocenters. The van der Waals surface area contributed by atoms with Gasteiger partial charge in [0, 0.05) is 25.7 Å². The van der Waals surface area contributed by atoms with Crippen LogP contribution in [0.15, 0.2) is 59.6 Å². The van der Waals surface area contributed by atoms with Gasteiger partial charge in [0.1, 0.15) is 0 Å². The Balaban J connectivity index is 1.92. The van der Waals surface area contributed by atoms with Gasteiger partial charge in [0.2, 0.25) is 10.0 Å². The highest BCUT2D eigenvalue weighted by Gasteiger charge is 2.15. The minimum Gasteiger partial charge on any atom is -0.354 e. The third kappa shape index (κ3) is 8.55. The predicted octanol–water partition coefficient (Wildman–Crippen LogP) is 3.20. The first-order valence-corrected chi connectivity index (χ1v) is 12.0. The molecule has 0 aliphatic rings. The summed E-state index contributed by atoms with van der Waals surface area (Å²) in [5.41, 5.74) is 3.04. The number of guanidine groups is 1. The highest BCUT2D eigenvalue weighted by molar-refractivity contribution is 7.88. The van der Waals surface area contributed by atoms with Crippen molar-refractivity contribution < 1.29 is 8.42 Å². The maximum atomic E-state index is 12.3. The Morgan fingerprint density at radius 1 is 0.967 bits per heavy atom. The van der Waals surface area contributed by atoms with Crippen LogP contribution in [-0.2, 0) is 28.7 Å². The molecule has 0 aliphatic heterocycles. The third-order valence-electron chi connectivity index (χ3n) is 4.64. The van der Waals surface area contributed by atoms with E-state index in [0.717, 1.165) is 24.0 Å². The lowest BCUT2D eigenvalue weighted by atomic mass is 10.1. The van der Waals surface area contributed by atoms with E-state index in [4.69, 9.17) is 0 Å². The molecule has 2 rings (SSSR count). The molecule has 30 heavy (non-hydrogen) atoms. The maximum Gasteiger partial charge on any atom is 0.216 e. The van der Waals surface area contributed by atoms with Crippen LogP contribution in [0, 0.1) is 0 Å². The van der Waals surface area contributed by atoms with Crippen LogP contribution >= 0.6 is 0 Å². The quantitative estimate of drug-likeness (QED) is 0.399. The Hall–Kier alpha value is -2.38. The Labute approximate surface area is 181 Å². The predicted molar refractivity (Wildman–Crippen MR) is 125 cm³/mol. The summed E-state index contributed by atoms with van der Waals surface area (Å²) in [6.45, 7) is 6.27. The number of hydrogen-bond donors (Lipinski definition) is 3. The summed E-state index contributed by atoms with van der Waals surface area (Å²) in [7, 11) is -1.64. The zero-order valence-corrected chi connectivity index (χ0v) is 19.2. The highest BCUT2D eigenvalue weighted by atomic mass is 32.2. The molecule has 2 aromatic carbocycles. The molecule has 0 saturated heterocycles. The third-order valence-corrected chi connectivity index (χ3v) is 6.16. The van der Waals surface area contributed by atoms with Crippen LogP contribution in [0.4, 0.5) is 0 Å². The summed E-state index contributed by atoms with van der Waals surface area (Å²) in [5, 5.41) is 6.71. The van der Waals surface area contributed by atoms with Gasteiger partial charge < -0.3 is 10.6 Å². The van der Waals surface area contributed by atoms with E-state index in [2.05, 4.69) is 51.5 Å². The van der Waals surface area contributed by atoms with Gasteiger partial charge in [0.25, 0.3) is 0 Å². The fraction of sp³-hybridized carbons (Fsp3) is 0.435. The first-order chi connectivity index (χ1) is 14.3. The molecule has 0 saturated carbocycles. The average molecular weight is 431 g/mol. The van der Waals surface area contributed by atoms with E-state index in [9.17, 15) is 8.42 Å². The SMILES string of the molecule is CN=C(NCc1ccccc1CS(=O)(=O)NC(C)C)NC(C)CCc1ccccc1. The number of sulfonamides is 1. The minimum absolute atomic E-state index is 0.0391. The second kappa shape index (κ2) is 11.7. The fourth-order valence-electron chi connectivity index (χ4n) is 3.18. The van der Waals surface area contributed by atoms with E-state index in [1.165, 1.54) is 5.56 Å². The van der Waals surface area contributed by atoms with Crippen molar-refractivity contribution in [1.82, 2.24) is 15.4 Å². The van der Waals surface area contributed by atoms with Crippen molar-refractivity contribution in [3.63, 3.8) is 0 Å². The molecule has 0 aromatic heterocycles. The van der Waals surface area contributed by atoms with Crippen LogP contribution in [-0.4, -0.2) is 33.5 Å². The lowest BCUT2D eigenvalue weighted by Gasteiger charge is -2.19. The second-order valence-corrected chi connectivity index (χ2v) is 9.55. The van der Waals surface area contributed by atoms with Crippen molar-refractivity contribution in [2.45, 2.75) is 58.0 Å². The van der Waals surface area contributed by atoms with Crippen molar-refractivity contribution in [2.75, 3.05) is 7.05 Å². The van der Waals surface area contributed by atoms with Gasteiger partial charge >= 0.3 is 0 Å². The smallest absolute Gasteiger partial charge is 0.216 e. The van der Waals surface area contributed by atoms with Crippen LogP contribution < -0.4 is 15.4 Å². The molecule has 0 heterocycles. The fourth-order valence-corrected chi connectivity index (χ4v) is 4.68. The standard InChI is InChI=1S/C23H34N4O2S/c1-18(2)27-30(28,29)17-22-13-9-8-12-21(22)16-25-23(24-4)26-19(3)14-15-20-10-6-5-7-11-20/h5-13,18-19,27H,14-17H2,1-4H3,(H2,24,25,26). The van der Waals surface area contributed by atoms with E-state index < -0.39 is 10.0 Å². The molecule has 0 radical (unpaired) electrons. The van der Waals surface area contributed by atoms with Crippen LogP contribution in [0.2, 0.25) is 0 Å². The summed E-state index contributed by atoms with van der Waals surface area (Å²) >= 11 is 0. The normalized spacial score (nSPS) is 13.3. The summed E-state index contributed by atoms with van der Waals surface area (Å²) in [6.07, 6.45) is 1.98. The van der Waals surface area contributed by atoms with Gasteiger partial charge in [-0.3, -0.25) is 4.99 Å². The molecule has 7 heteroatoms. The Bertz CT molecular complexity index is 912. The topological polar surface area (TPSA) is 82.6 Å². The molecule has 6 nitrogen and oxygen atoms in total. The number of rotatable bonds is 10. The van der Waals surface area contributed by atoms with E-state index in [1.807, 2.05) is 44.2 Å². The number of nitrogens with zero attached hydrogens (tertiary/aromatic N) is 1. The highest BCUT2D eigenvalue weighted by Crippen LogP contribution is 2.12. The van der Waals surface area contributed by atoms with Gasteiger partial charge in [0.15, 0.2) is 5.96 Å². The molecule has 0 aliphatic carbocycles. The number of hydrogen-bond acceptors (Lipinski definition) is 3. The molecule has 0 fully saturated rings. The number of nitrogens with one attached hydrogen (secondary N) is 3. The van der Waals surface area contributed by atoms with Crippen molar-refractivity contribution in [2.24, 2.45) is 4.99 Å². The van der Waals surface area contributed by atoms with Gasteiger partial charge in [0.05, 0.1) is 5.75 Å². The zero-order chi connectivity index (χ0) is 22.0. The maximum absolute atomic E-state index is 12.3. The van der Waals surface area contributed by atoms with Gasteiger partial charge in [-0.25, -0.2) is 13.1 Å². The molecule has 164 valence electrons. The van der Waals surface area contributed by atoms with E-state index in [1.54, 1.807) is 7.05 Å². The van der Waals surface area contributed by atoms with Crippen molar-refractivity contribution in [1.29, 1.82) is 0 Å². The lowest BCUT2D eigenvalue weighted by molar-refractivity contribution is 0.568. The molecular weight excluding hydrogens is 396 g/mol. The Morgan fingerprint density at radius 3 is 2.23 bits per heavy atom. The van der Waals surface area contributed by atoms with Gasteiger partial charge in [-0.2, -0.15) is 0 Å². The van der Waals surface area contributed by atoms with Gasteiger partial charge in [-0.05, 0) is 50.3 Å². The number of benzene rings is 2. The molecule has 2 aromatic rings. The number of aryl methyl sites for hydroxylation is 1. The molecular formula is C23H34N4O2S. The van der Waals surface area contributed by atoms with Crippen molar-refractivity contribution in [3.8, 4) is 0 Å². The lowest BCUT2D eigenvalue weighted by Crippen LogP contribution is -2.42. The number of aliphatic imine (C=N–C) groups is 1. The molecule has 0 amide bonds. The van der Waals surface area contributed by atoms with E-state index >= 15 is 0 Å². The van der Waals surface area contributed by atoms with Crippen molar-refractivity contribution >= 4 is 16.0 Å². The zero-order valence-electron chi connectivity index (χ0n) is 18.4. The van der Waals surface area contributed by atoms with Crippen LogP contribution in [0.3, 0.4) is 0 Å². The monoisotopic (exact) mass is 430 g/mol. The first kappa shape index (κ1) is 23.9. The van der Waals surface area contributed by atoms with Gasteiger partial charge in [-0.1, -0.05) is 54.6 Å².